The molecule has 3 rings (SSSR count). The standard InChI is InChI=1S/C18H13F3N4O2/c1-11-3-2-4-12(7-11)17(26)25-15-9-22-10-16(24-15)27-13-5-6-14(23-8-13)18(19,20)21/h2-10H,1H3,(H,24,25,26). The molecule has 0 aliphatic heterocycles. The third kappa shape index (κ3) is 4.78. The van der Waals surface area contributed by atoms with Gasteiger partial charge in [-0.25, -0.2) is 4.98 Å². The number of halogens is 3. The Morgan fingerprint density at radius 1 is 1.11 bits per heavy atom. The minimum Gasteiger partial charge on any atom is -0.436 e. The van der Waals surface area contributed by atoms with Gasteiger partial charge in [-0.1, -0.05) is 17.7 Å². The van der Waals surface area contributed by atoms with Crippen molar-refractivity contribution in [3.8, 4) is 11.6 Å². The van der Waals surface area contributed by atoms with Crippen molar-refractivity contribution in [2.75, 3.05) is 5.32 Å². The van der Waals surface area contributed by atoms with Crippen LogP contribution in [-0.2, 0) is 6.18 Å². The Bertz CT molecular complexity index is 959. The molecule has 0 saturated carbocycles. The molecular weight excluding hydrogens is 361 g/mol. The zero-order valence-corrected chi connectivity index (χ0v) is 14.0. The fourth-order valence-electron chi connectivity index (χ4n) is 2.16. The first kappa shape index (κ1) is 18.3. The van der Waals surface area contributed by atoms with Crippen LogP contribution in [-0.4, -0.2) is 20.9 Å². The number of nitrogens with zero attached hydrogens (tertiary/aromatic N) is 3. The summed E-state index contributed by atoms with van der Waals surface area (Å²) in [6.45, 7) is 1.86. The van der Waals surface area contributed by atoms with E-state index in [2.05, 4.69) is 20.3 Å². The molecule has 0 radical (unpaired) electrons. The van der Waals surface area contributed by atoms with Gasteiger partial charge in [0.15, 0.2) is 5.82 Å². The smallest absolute Gasteiger partial charge is 0.433 e. The van der Waals surface area contributed by atoms with Crippen LogP contribution in [0.4, 0.5) is 19.0 Å². The van der Waals surface area contributed by atoms with Crippen molar-refractivity contribution in [2.45, 2.75) is 13.1 Å². The summed E-state index contributed by atoms with van der Waals surface area (Å²) in [6.07, 6.45) is -1.01. The number of hydrogen-bond acceptors (Lipinski definition) is 5. The summed E-state index contributed by atoms with van der Waals surface area (Å²) in [7, 11) is 0. The molecule has 3 aromatic rings. The maximum absolute atomic E-state index is 12.5. The van der Waals surface area contributed by atoms with E-state index in [0.717, 1.165) is 23.9 Å². The second kappa shape index (κ2) is 7.40. The van der Waals surface area contributed by atoms with Crippen molar-refractivity contribution >= 4 is 11.7 Å². The number of pyridine rings is 1. The third-order valence-corrected chi connectivity index (χ3v) is 3.38. The zero-order chi connectivity index (χ0) is 19.4. The summed E-state index contributed by atoms with van der Waals surface area (Å²) < 4.78 is 42.9. The molecule has 0 aliphatic rings. The number of anilines is 1. The number of ether oxygens (including phenoxy) is 1. The normalized spacial score (nSPS) is 11.1. The van der Waals surface area contributed by atoms with Gasteiger partial charge in [-0.15, -0.1) is 0 Å². The summed E-state index contributed by atoms with van der Waals surface area (Å²) in [5.41, 5.74) is 0.357. The molecular formula is C18H13F3N4O2. The molecule has 27 heavy (non-hydrogen) atoms. The molecule has 1 aromatic carbocycles. The monoisotopic (exact) mass is 374 g/mol. The molecule has 1 N–H and O–H groups in total. The van der Waals surface area contributed by atoms with Crippen LogP contribution in [0.3, 0.4) is 0 Å². The maximum atomic E-state index is 12.5. The lowest BCUT2D eigenvalue weighted by molar-refractivity contribution is -0.141. The lowest BCUT2D eigenvalue weighted by atomic mass is 10.1. The van der Waals surface area contributed by atoms with Crippen LogP contribution < -0.4 is 10.1 Å². The molecule has 0 spiro atoms. The van der Waals surface area contributed by atoms with Crippen LogP contribution in [0.2, 0.25) is 0 Å². The van der Waals surface area contributed by atoms with E-state index in [1.807, 2.05) is 13.0 Å². The molecule has 1 amide bonds. The van der Waals surface area contributed by atoms with Gasteiger partial charge in [-0.05, 0) is 31.2 Å². The highest BCUT2D eigenvalue weighted by atomic mass is 19.4. The van der Waals surface area contributed by atoms with Crippen molar-refractivity contribution in [3.63, 3.8) is 0 Å². The van der Waals surface area contributed by atoms with Gasteiger partial charge >= 0.3 is 6.18 Å². The van der Waals surface area contributed by atoms with E-state index < -0.39 is 11.9 Å². The summed E-state index contributed by atoms with van der Waals surface area (Å²) in [4.78, 5) is 23.5. The Morgan fingerprint density at radius 3 is 2.59 bits per heavy atom. The minimum absolute atomic E-state index is 0.00130. The molecule has 9 heteroatoms. The topological polar surface area (TPSA) is 77.0 Å². The summed E-state index contributed by atoms with van der Waals surface area (Å²) in [5.74, 6) is -0.182. The molecule has 2 aromatic heterocycles. The molecule has 0 aliphatic carbocycles. The van der Waals surface area contributed by atoms with Gasteiger partial charge in [0.25, 0.3) is 5.91 Å². The summed E-state index contributed by atoms with van der Waals surface area (Å²) >= 11 is 0. The van der Waals surface area contributed by atoms with Gasteiger partial charge < -0.3 is 10.1 Å². The molecule has 0 saturated heterocycles. The highest BCUT2D eigenvalue weighted by Gasteiger charge is 2.32. The number of hydrogen-bond donors (Lipinski definition) is 1. The molecule has 0 unspecified atom stereocenters. The molecule has 0 bridgehead atoms. The first-order chi connectivity index (χ1) is 12.8. The first-order valence-corrected chi connectivity index (χ1v) is 7.72. The number of amides is 1. The highest BCUT2D eigenvalue weighted by Crippen LogP contribution is 2.29. The van der Waals surface area contributed by atoms with Crippen LogP contribution in [0.25, 0.3) is 0 Å². The van der Waals surface area contributed by atoms with Gasteiger partial charge in [0.05, 0.1) is 18.6 Å². The largest absolute Gasteiger partial charge is 0.436 e. The quantitative estimate of drug-likeness (QED) is 0.739. The predicted octanol–water partition coefficient (Wildman–Crippen LogP) is 4.24. The Hall–Kier alpha value is -3.49. The van der Waals surface area contributed by atoms with E-state index in [4.69, 9.17) is 4.74 Å². The van der Waals surface area contributed by atoms with Gasteiger partial charge in [0.2, 0.25) is 5.88 Å². The number of aromatic nitrogens is 3. The van der Waals surface area contributed by atoms with Crippen LogP contribution in [0.5, 0.6) is 11.6 Å². The molecule has 2 heterocycles. The number of carbonyl (C=O) groups is 1. The average Bonchev–Trinajstić information content (AvgIpc) is 2.62. The number of rotatable bonds is 4. The Morgan fingerprint density at radius 2 is 1.93 bits per heavy atom. The predicted molar refractivity (Wildman–Crippen MR) is 90.5 cm³/mol. The minimum atomic E-state index is -4.53. The van der Waals surface area contributed by atoms with Crippen LogP contribution in [0.15, 0.2) is 55.0 Å². The van der Waals surface area contributed by atoms with Crippen molar-refractivity contribution in [2.24, 2.45) is 0 Å². The van der Waals surface area contributed by atoms with Crippen LogP contribution >= 0.6 is 0 Å². The number of alkyl halides is 3. The maximum Gasteiger partial charge on any atom is 0.433 e. The van der Waals surface area contributed by atoms with E-state index >= 15 is 0 Å². The van der Waals surface area contributed by atoms with E-state index in [-0.39, 0.29) is 23.4 Å². The van der Waals surface area contributed by atoms with E-state index in [1.54, 1.807) is 18.2 Å². The average molecular weight is 374 g/mol. The molecule has 138 valence electrons. The van der Waals surface area contributed by atoms with Crippen molar-refractivity contribution in [1.82, 2.24) is 15.0 Å². The number of aryl methyl sites for hydroxylation is 1. The van der Waals surface area contributed by atoms with Gasteiger partial charge in [-0.2, -0.15) is 18.2 Å². The Labute approximate surface area is 152 Å². The second-order valence-electron chi connectivity index (χ2n) is 5.55. The SMILES string of the molecule is Cc1cccc(C(=O)Nc2cncc(Oc3ccc(C(F)(F)F)nc3)n2)c1. The highest BCUT2D eigenvalue weighted by molar-refractivity contribution is 6.03. The second-order valence-corrected chi connectivity index (χ2v) is 5.55. The summed E-state index contributed by atoms with van der Waals surface area (Å²) in [6, 6.07) is 8.92. The van der Waals surface area contributed by atoms with Gasteiger partial charge in [-0.3, -0.25) is 9.78 Å². The number of benzene rings is 1. The van der Waals surface area contributed by atoms with Crippen LogP contribution in [0, 0.1) is 6.92 Å². The van der Waals surface area contributed by atoms with Gasteiger partial charge in [0.1, 0.15) is 11.4 Å². The van der Waals surface area contributed by atoms with E-state index in [0.29, 0.717) is 5.56 Å². The van der Waals surface area contributed by atoms with Crippen LogP contribution in [0.1, 0.15) is 21.6 Å². The number of nitrogens with one attached hydrogen (secondary N) is 1. The Kier molecular flexibility index (Phi) is 5.02. The first-order valence-electron chi connectivity index (χ1n) is 7.72. The Balaban J connectivity index is 1.71. The molecule has 6 nitrogen and oxygen atoms in total. The fraction of sp³-hybridized carbons (Fsp3) is 0.111. The lowest BCUT2D eigenvalue weighted by Crippen LogP contribution is -2.13. The van der Waals surface area contributed by atoms with Crippen molar-refractivity contribution < 1.29 is 22.7 Å². The van der Waals surface area contributed by atoms with Crippen molar-refractivity contribution in [1.29, 1.82) is 0 Å². The number of carbonyl (C=O) groups excluding carboxylic acids is 1. The van der Waals surface area contributed by atoms with E-state index in [9.17, 15) is 18.0 Å². The molecule has 0 fully saturated rings. The third-order valence-electron chi connectivity index (χ3n) is 3.38. The zero-order valence-electron chi connectivity index (χ0n) is 14.0. The fourth-order valence-corrected chi connectivity index (χ4v) is 2.16. The van der Waals surface area contributed by atoms with E-state index in [1.165, 1.54) is 12.4 Å². The van der Waals surface area contributed by atoms with Gasteiger partial charge in [0, 0.05) is 5.56 Å². The molecule has 0 atom stereocenters. The lowest BCUT2D eigenvalue weighted by Gasteiger charge is -2.09. The van der Waals surface area contributed by atoms with Crippen molar-refractivity contribution in [3.05, 3.63) is 71.8 Å². The summed E-state index contributed by atoms with van der Waals surface area (Å²) in [5, 5.41) is 2.58.